The maximum absolute atomic E-state index is 12.5. The highest BCUT2D eigenvalue weighted by atomic mass is 33.1. The maximum atomic E-state index is 12.5. The van der Waals surface area contributed by atoms with Crippen LogP contribution in [0.4, 0.5) is 4.79 Å². The van der Waals surface area contributed by atoms with E-state index in [1.54, 1.807) is 21.6 Å². The quantitative estimate of drug-likeness (QED) is 0.0205. The van der Waals surface area contributed by atoms with E-state index in [1.165, 1.54) is 11.1 Å². The van der Waals surface area contributed by atoms with Crippen molar-refractivity contribution in [3.8, 4) is 0 Å². The van der Waals surface area contributed by atoms with Crippen LogP contribution in [0.15, 0.2) is 23.3 Å². The molecule has 66 heavy (non-hydrogen) atoms. The topological polar surface area (TPSA) is 122 Å². The molecular formula is C53H100N2O9S2. The molecule has 11 nitrogen and oxygen atoms in total. The Bertz CT molecular complexity index is 1200. The standard InChI is InChI=1S/C53H100N2O9S2/c1-9-55(10-2)34-39-59-40-42-65-66-43-41-64-53(58)54-44-50(61-36-23-19-15-13-17-21-31-52(57)63-38-33-49(8)29-25-27-47(5)6)45-60-35-22-18-14-11-12-16-20-30-51(56)62-37-32-48(7)28-24-26-46(3)4/h26-27,48-50H,9-25,28-45H2,1-8H3,(H,54,58). The molecule has 0 aliphatic heterocycles. The molecule has 0 spiro atoms. The van der Waals surface area contributed by atoms with Crippen LogP contribution in [-0.4, -0.2) is 120 Å². The summed E-state index contributed by atoms with van der Waals surface area (Å²) in [5, 5.41) is 2.88. The van der Waals surface area contributed by atoms with E-state index in [0.29, 0.717) is 76.6 Å². The summed E-state index contributed by atoms with van der Waals surface area (Å²) in [7, 11) is 3.43. The Kier molecular flexibility index (Phi) is 47.0. The van der Waals surface area contributed by atoms with E-state index in [9.17, 15) is 14.4 Å². The molecule has 0 saturated carbocycles. The number of hydrogen-bond donors (Lipinski definition) is 1. The number of esters is 2. The first-order chi connectivity index (χ1) is 32.0. The molecule has 0 heterocycles. The number of nitrogens with one attached hydrogen (secondary N) is 1. The molecule has 388 valence electrons. The van der Waals surface area contributed by atoms with Crippen LogP contribution in [0, 0.1) is 11.8 Å². The Balaban J connectivity index is 4.30. The van der Waals surface area contributed by atoms with Crippen LogP contribution >= 0.6 is 21.6 Å². The molecule has 0 bridgehead atoms. The van der Waals surface area contributed by atoms with Crippen LogP contribution < -0.4 is 5.32 Å². The zero-order valence-corrected chi connectivity index (χ0v) is 45.2. The summed E-state index contributed by atoms with van der Waals surface area (Å²) in [4.78, 5) is 39.1. The first kappa shape index (κ1) is 64.2. The number of carbonyl (C=O) groups is 3. The number of rotatable bonds is 48. The largest absolute Gasteiger partial charge is 0.466 e. The lowest BCUT2D eigenvalue weighted by Crippen LogP contribution is -2.37. The molecule has 0 aromatic heterocycles. The molecule has 3 unspecified atom stereocenters. The van der Waals surface area contributed by atoms with E-state index in [2.05, 4.69) is 77.8 Å². The van der Waals surface area contributed by atoms with E-state index < -0.39 is 6.09 Å². The fraction of sp³-hybridized carbons (Fsp3) is 0.868. The van der Waals surface area contributed by atoms with Gasteiger partial charge in [-0.3, -0.25) is 9.59 Å². The number of allylic oxidation sites excluding steroid dienone is 4. The van der Waals surface area contributed by atoms with Crippen LogP contribution in [0.3, 0.4) is 0 Å². The minimum Gasteiger partial charge on any atom is -0.466 e. The van der Waals surface area contributed by atoms with Crippen LogP contribution in [0.25, 0.3) is 0 Å². The number of unbranched alkanes of at least 4 members (excludes halogenated alkanes) is 11. The van der Waals surface area contributed by atoms with Crippen molar-refractivity contribution in [2.45, 2.75) is 196 Å². The van der Waals surface area contributed by atoms with Crippen LogP contribution in [-0.2, 0) is 38.0 Å². The Morgan fingerprint density at radius 1 is 0.545 bits per heavy atom. The Labute approximate surface area is 412 Å². The SMILES string of the molecule is CCN(CC)CCOCCSSCCOC(=O)NCC(COCCCCCCCCCC(=O)OCCC(C)CCC=C(C)C)OCCCCCCCCC(=O)OCCC(C)CCC=C(C)C. The van der Waals surface area contributed by atoms with Crippen molar-refractivity contribution in [3.05, 3.63) is 23.3 Å². The smallest absolute Gasteiger partial charge is 0.407 e. The molecule has 1 amide bonds. The molecule has 3 atom stereocenters. The summed E-state index contributed by atoms with van der Waals surface area (Å²) < 4.78 is 34.3. The number of hydrogen-bond acceptors (Lipinski definition) is 12. The minimum atomic E-state index is -0.435. The number of likely N-dealkylation sites (N-methyl/N-ethyl adjacent to an activating group) is 1. The molecule has 0 aromatic carbocycles. The first-order valence-corrected chi connectivity index (χ1v) is 28.7. The van der Waals surface area contributed by atoms with E-state index in [1.807, 2.05) is 0 Å². The van der Waals surface area contributed by atoms with Crippen molar-refractivity contribution in [2.75, 3.05) is 90.5 Å². The molecule has 0 radical (unpaired) electrons. The van der Waals surface area contributed by atoms with E-state index in [4.69, 9.17) is 28.4 Å². The van der Waals surface area contributed by atoms with Gasteiger partial charge in [0.2, 0.25) is 0 Å². The highest BCUT2D eigenvalue weighted by Crippen LogP contribution is 2.20. The van der Waals surface area contributed by atoms with Gasteiger partial charge in [0.1, 0.15) is 6.61 Å². The monoisotopic (exact) mass is 973 g/mol. The van der Waals surface area contributed by atoms with Gasteiger partial charge in [-0.25, -0.2) is 4.79 Å². The fourth-order valence-electron chi connectivity index (χ4n) is 7.02. The summed E-state index contributed by atoms with van der Waals surface area (Å²) in [5.74, 6) is 2.60. The average Bonchev–Trinajstić information content (AvgIpc) is 3.28. The van der Waals surface area contributed by atoms with E-state index in [-0.39, 0.29) is 18.0 Å². The number of nitrogens with zero attached hydrogens (tertiary/aromatic N) is 1. The second kappa shape index (κ2) is 48.3. The predicted molar refractivity (Wildman–Crippen MR) is 279 cm³/mol. The van der Waals surface area contributed by atoms with Gasteiger partial charge in [-0.1, -0.05) is 130 Å². The van der Waals surface area contributed by atoms with E-state index >= 15 is 0 Å². The van der Waals surface area contributed by atoms with E-state index in [0.717, 1.165) is 161 Å². The predicted octanol–water partition coefficient (Wildman–Crippen LogP) is 13.3. The maximum Gasteiger partial charge on any atom is 0.407 e. The number of ether oxygens (including phenoxy) is 6. The summed E-state index contributed by atoms with van der Waals surface area (Å²) in [6.07, 6.45) is 24.7. The second-order valence-corrected chi connectivity index (χ2v) is 21.1. The zero-order chi connectivity index (χ0) is 48.7. The molecule has 0 aliphatic carbocycles. The van der Waals surface area contributed by atoms with Crippen LogP contribution in [0.1, 0.15) is 190 Å². The normalized spacial score (nSPS) is 12.7. The number of amides is 1. The van der Waals surface area contributed by atoms with Crippen LogP contribution in [0.5, 0.6) is 0 Å². The fourth-order valence-corrected chi connectivity index (χ4v) is 8.71. The Hall–Kier alpha value is -1.77. The second-order valence-electron chi connectivity index (χ2n) is 18.4. The average molecular weight is 974 g/mol. The molecule has 0 saturated heterocycles. The van der Waals surface area contributed by atoms with Crippen molar-refractivity contribution < 1.29 is 42.8 Å². The Morgan fingerprint density at radius 3 is 1.55 bits per heavy atom. The van der Waals surface area contributed by atoms with Crippen LogP contribution in [0.2, 0.25) is 0 Å². The highest BCUT2D eigenvalue weighted by molar-refractivity contribution is 8.76. The molecule has 0 aromatic rings. The third-order valence-corrected chi connectivity index (χ3v) is 13.8. The molecule has 1 N–H and O–H groups in total. The van der Waals surface area contributed by atoms with Gasteiger partial charge in [-0.05, 0) is 117 Å². The lowest BCUT2D eigenvalue weighted by molar-refractivity contribution is -0.145. The van der Waals surface area contributed by atoms with Gasteiger partial charge < -0.3 is 38.6 Å². The summed E-state index contributed by atoms with van der Waals surface area (Å²) in [6, 6.07) is 0. The molecule has 13 heteroatoms. The summed E-state index contributed by atoms with van der Waals surface area (Å²) in [6.45, 7) is 25.2. The summed E-state index contributed by atoms with van der Waals surface area (Å²) in [5.41, 5.74) is 2.71. The summed E-state index contributed by atoms with van der Waals surface area (Å²) >= 11 is 0. The van der Waals surface area contributed by atoms with Crippen molar-refractivity contribution in [1.29, 1.82) is 0 Å². The zero-order valence-electron chi connectivity index (χ0n) is 43.6. The van der Waals surface area contributed by atoms with Gasteiger partial charge in [0.15, 0.2) is 0 Å². The van der Waals surface area contributed by atoms with Crippen molar-refractivity contribution in [1.82, 2.24) is 10.2 Å². The molecule has 0 fully saturated rings. The molecule has 0 aliphatic rings. The van der Waals surface area contributed by atoms with Crippen molar-refractivity contribution >= 4 is 39.6 Å². The third-order valence-electron chi connectivity index (χ3n) is 11.5. The third kappa shape index (κ3) is 47.3. The Morgan fingerprint density at radius 2 is 1.03 bits per heavy atom. The molecule has 0 rings (SSSR count). The lowest BCUT2D eigenvalue weighted by atomic mass is 10.0. The van der Waals surface area contributed by atoms with Gasteiger partial charge in [0.05, 0.1) is 39.1 Å². The number of carbonyl (C=O) groups excluding carboxylic acids is 3. The minimum absolute atomic E-state index is 0.0643. The van der Waals surface area contributed by atoms with Gasteiger partial charge in [-0.15, -0.1) is 0 Å². The highest BCUT2D eigenvalue weighted by Gasteiger charge is 2.13. The lowest BCUT2D eigenvalue weighted by Gasteiger charge is -2.19. The van der Waals surface area contributed by atoms with Gasteiger partial charge in [-0.2, -0.15) is 0 Å². The van der Waals surface area contributed by atoms with Crippen molar-refractivity contribution in [2.24, 2.45) is 11.8 Å². The molecular weight excluding hydrogens is 873 g/mol. The van der Waals surface area contributed by atoms with Gasteiger partial charge in [0, 0.05) is 50.7 Å². The first-order valence-electron chi connectivity index (χ1n) is 26.2. The number of alkyl carbamates (subject to hydrolysis) is 1. The van der Waals surface area contributed by atoms with Gasteiger partial charge in [0.25, 0.3) is 0 Å². The van der Waals surface area contributed by atoms with Crippen molar-refractivity contribution in [3.63, 3.8) is 0 Å². The van der Waals surface area contributed by atoms with Gasteiger partial charge >= 0.3 is 18.0 Å².